The Morgan fingerprint density at radius 2 is 1.47 bits per heavy atom. The fraction of sp³-hybridized carbons (Fsp3) is 0.261. The second-order valence-corrected chi connectivity index (χ2v) is 17.5. The maximum absolute atomic E-state index is 14.4. The Balaban J connectivity index is 1.13. The summed E-state index contributed by atoms with van der Waals surface area (Å²) in [5.74, 6) is 0.466. The maximum Gasteiger partial charge on any atom is 0.252 e. The topological polar surface area (TPSA) is 96.7 Å². The van der Waals surface area contributed by atoms with Crippen molar-refractivity contribution < 1.29 is 14.3 Å². The monoisotopic (exact) mass is 906 g/mol. The molecule has 0 heterocycles. The van der Waals surface area contributed by atoms with Crippen molar-refractivity contribution in [3.05, 3.63) is 150 Å². The van der Waals surface area contributed by atoms with Gasteiger partial charge in [-0.15, -0.1) is 0 Å². The minimum Gasteiger partial charge on any atom is -0.491 e. The van der Waals surface area contributed by atoms with Gasteiger partial charge >= 0.3 is 0 Å². The summed E-state index contributed by atoms with van der Waals surface area (Å²) in [5, 5.41) is 11.5. The van der Waals surface area contributed by atoms with E-state index in [1.807, 2.05) is 46.1 Å². The highest BCUT2D eigenvalue weighted by atomic mass is 127. The van der Waals surface area contributed by atoms with Crippen molar-refractivity contribution in [2.75, 3.05) is 33.0 Å². The highest BCUT2D eigenvalue weighted by Gasteiger charge is 2.58. The van der Waals surface area contributed by atoms with Crippen LogP contribution in [0.5, 0.6) is 5.75 Å². The van der Waals surface area contributed by atoms with Gasteiger partial charge in [0.2, 0.25) is 0 Å². The zero-order chi connectivity index (χ0) is 38.6. The highest BCUT2D eigenvalue weighted by Crippen LogP contribution is 2.60. The Morgan fingerprint density at radius 3 is 2.24 bits per heavy atom. The second-order valence-electron chi connectivity index (χ2n) is 15.5. The summed E-state index contributed by atoms with van der Waals surface area (Å²) < 4.78 is 7.88. The third-order valence-corrected chi connectivity index (χ3v) is 13.0. The summed E-state index contributed by atoms with van der Waals surface area (Å²) in [5.41, 5.74) is 12.1. The van der Waals surface area contributed by atoms with Gasteiger partial charge in [-0.3, -0.25) is 9.59 Å². The van der Waals surface area contributed by atoms with Crippen molar-refractivity contribution in [3.63, 3.8) is 0 Å². The van der Waals surface area contributed by atoms with Crippen molar-refractivity contribution in [1.82, 2.24) is 15.5 Å². The molecular formula is C46H44BrIN4O3. The standard InChI is InChI=1S/C46H44BrIN4O3/c1-27-21-39(47)42(55-20-19-52(3)4)25-35(27)44(54)51-46(37-14-7-10-29-9-5-6-12-32(29)37)26-38(46)31-15-16-33-30(23-31)11-8-13-36(33)45(17-18-45)50-43(53)34-24-41(49)40(48)22-28(34)2/h5-16,21-25,38H,17-20,26,49H2,1-4H3,(H,50,53)(H,51,54). The molecule has 4 N–H and O–H groups in total. The number of anilines is 1. The van der Waals surface area contributed by atoms with Crippen LogP contribution in [-0.4, -0.2) is 44.0 Å². The van der Waals surface area contributed by atoms with Gasteiger partial charge in [-0.2, -0.15) is 0 Å². The molecule has 6 aromatic rings. The molecule has 0 radical (unpaired) electrons. The number of ether oxygens (including phenoxy) is 1. The van der Waals surface area contributed by atoms with E-state index in [2.05, 4.69) is 133 Å². The van der Waals surface area contributed by atoms with E-state index in [0.717, 1.165) is 83.2 Å². The molecule has 2 unspecified atom stereocenters. The third kappa shape index (κ3) is 7.11. The lowest BCUT2D eigenvalue weighted by molar-refractivity contribution is 0.0920. The number of nitrogens with one attached hydrogen (secondary N) is 2. The fourth-order valence-electron chi connectivity index (χ4n) is 8.14. The number of hydrogen-bond acceptors (Lipinski definition) is 5. The van der Waals surface area contributed by atoms with Crippen LogP contribution in [0.25, 0.3) is 21.5 Å². The first kappa shape index (κ1) is 37.5. The average molecular weight is 908 g/mol. The Labute approximate surface area is 344 Å². The molecule has 0 aliphatic heterocycles. The van der Waals surface area contributed by atoms with Gasteiger partial charge < -0.3 is 26.0 Å². The van der Waals surface area contributed by atoms with Gasteiger partial charge in [0.25, 0.3) is 11.8 Å². The molecule has 0 saturated heterocycles. The molecule has 0 spiro atoms. The lowest BCUT2D eigenvalue weighted by Crippen LogP contribution is -2.37. The number of likely N-dealkylation sites (N-methyl/N-ethyl adjacent to an activating group) is 1. The molecule has 2 fully saturated rings. The summed E-state index contributed by atoms with van der Waals surface area (Å²) in [4.78, 5) is 30.2. The minimum atomic E-state index is -0.617. The van der Waals surface area contributed by atoms with Crippen molar-refractivity contribution >= 4 is 77.6 Å². The number of carbonyl (C=O) groups is 2. The predicted octanol–water partition coefficient (Wildman–Crippen LogP) is 9.73. The second kappa shape index (κ2) is 14.6. The van der Waals surface area contributed by atoms with E-state index >= 15 is 0 Å². The summed E-state index contributed by atoms with van der Waals surface area (Å²) in [6.45, 7) is 5.19. The zero-order valence-electron chi connectivity index (χ0n) is 31.4. The van der Waals surface area contributed by atoms with Crippen molar-refractivity contribution in [3.8, 4) is 5.75 Å². The van der Waals surface area contributed by atoms with Gasteiger partial charge in [0.05, 0.1) is 15.6 Å². The molecule has 7 nitrogen and oxygen atoms in total. The fourth-order valence-corrected chi connectivity index (χ4v) is 9.34. The van der Waals surface area contributed by atoms with Crippen LogP contribution in [0.2, 0.25) is 0 Å². The molecule has 280 valence electrons. The molecule has 2 aliphatic carbocycles. The van der Waals surface area contributed by atoms with Crippen LogP contribution >= 0.6 is 38.5 Å². The van der Waals surface area contributed by atoms with Crippen LogP contribution in [0.15, 0.2) is 108 Å². The van der Waals surface area contributed by atoms with E-state index < -0.39 is 11.1 Å². The van der Waals surface area contributed by atoms with Crippen LogP contribution in [-0.2, 0) is 11.1 Å². The number of hydrogen-bond donors (Lipinski definition) is 3. The zero-order valence-corrected chi connectivity index (χ0v) is 35.2. The molecule has 2 atom stereocenters. The first-order chi connectivity index (χ1) is 26.4. The average Bonchev–Trinajstić information content (AvgIpc) is 4.09. The van der Waals surface area contributed by atoms with E-state index in [0.29, 0.717) is 29.2 Å². The number of halogens is 2. The van der Waals surface area contributed by atoms with Crippen LogP contribution in [0.4, 0.5) is 5.69 Å². The first-order valence-corrected chi connectivity index (χ1v) is 20.6. The number of aryl methyl sites for hydroxylation is 2. The van der Waals surface area contributed by atoms with E-state index in [1.165, 1.54) is 0 Å². The van der Waals surface area contributed by atoms with Gasteiger partial charge in [-0.25, -0.2) is 0 Å². The van der Waals surface area contributed by atoms with Crippen molar-refractivity contribution in [2.45, 2.75) is 50.1 Å². The van der Waals surface area contributed by atoms with Gasteiger partial charge in [-0.05, 0) is 159 Å². The van der Waals surface area contributed by atoms with E-state index in [4.69, 9.17) is 10.5 Å². The summed E-state index contributed by atoms with van der Waals surface area (Å²) in [7, 11) is 4.02. The molecule has 8 rings (SSSR count). The van der Waals surface area contributed by atoms with E-state index in [9.17, 15) is 9.59 Å². The molecule has 2 aliphatic rings. The molecular weight excluding hydrogens is 863 g/mol. The number of nitrogens with zero attached hydrogens (tertiary/aromatic N) is 1. The van der Waals surface area contributed by atoms with Gasteiger partial charge in [-0.1, -0.05) is 78.9 Å². The molecule has 55 heavy (non-hydrogen) atoms. The van der Waals surface area contributed by atoms with Crippen LogP contribution < -0.4 is 21.1 Å². The van der Waals surface area contributed by atoms with Gasteiger partial charge in [0.15, 0.2) is 0 Å². The Hall–Kier alpha value is -4.45. The van der Waals surface area contributed by atoms with E-state index in [-0.39, 0.29) is 17.7 Å². The van der Waals surface area contributed by atoms with Crippen LogP contribution in [0.3, 0.4) is 0 Å². The molecule has 0 aromatic heterocycles. The molecule has 9 heteroatoms. The van der Waals surface area contributed by atoms with Gasteiger partial charge in [0, 0.05) is 32.8 Å². The van der Waals surface area contributed by atoms with Crippen LogP contribution in [0, 0.1) is 17.4 Å². The third-order valence-electron chi connectivity index (χ3n) is 11.4. The summed E-state index contributed by atoms with van der Waals surface area (Å²) in [6, 6.07) is 35.4. The smallest absolute Gasteiger partial charge is 0.252 e. The Kier molecular flexibility index (Phi) is 9.92. The first-order valence-electron chi connectivity index (χ1n) is 18.7. The number of fused-ring (bicyclic) bond motifs is 2. The normalized spacial score (nSPS) is 18.3. The quantitative estimate of drug-likeness (QED) is 0.0890. The number of carbonyl (C=O) groups excluding carboxylic acids is 2. The molecule has 2 saturated carbocycles. The maximum atomic E-state index is 14.4. The largest absolute Gasteiger partial charge is 0.491 e. The molecule has 0 bridgehead atoms. The molecule has 6 aromatic carbocycles. The number of rotatable bonds is 11. The Bertz CT molecular complexity index is 2510. The molecule has 2 amide bonds. The highest BCUT2D eigenvalue weighted by molar-refractivity contribution is 14.1. The Morgan fingerprint density at radius 1 is 0.818 bits per heavy atom. The summed E-state index contributed by atoms with van der Waals surface area (Å²) >= 11 is 5.85. The lowest BCUT2D eigenvalue weighted by atomic mass is 9.91. The minimum absolute atomic E-state index is 0.0470. The number of nitrogen functional groups attached to an aromatic ring is 1. The van der Waals surface area contributed by atoms with Crippen LogP contribution in [0.1, 0.15) is 73.7 Å². The number of amides is 2. The number of nitrogens with two attached hydrogens (primary N) is 1. The SMILES string of the molecule is Cc1cc(I)c(N)cc1C(=O)NC1(c2cccc3cc(C4CC4(NC(=O)c4cc(OCCN(C)C)c(Br)cc4C)c4cccc5ccccc45)ccc23)CC1. The van der Waals surface area contributed by atoms with Gasteiger partial charge in [0.1, 0.15) is 12.4 Å². The van der Waals surface area contributed by atoms with Crippen molar-refractivity contribution in [1.29, 1.82) is 0 Å². The summed E-state index contributed by atoms with van der Waals surface area (Å²) in [6.07, 6.45) is 2.50. The predicted molar refractivity (Wildman–Crippen MR) is 234 cm³/mol. The van der Waals surface area contributed by atoms with Crippen molar-refractivity contribution in [2.24, 2.45) is 0 Å². The number of benzene rings is 6. The lowest BCUT2D eigenvalue weighted by Gasteiger charge is -2.24. The van der Waals surface area contributed by atoms with E-state index in [1.54, 1.807) is 6.07 Å².